The number of aromatic amines is 1. The summed E-state index contributed by atoms with van der Waals surface area (Å²) in [5.41, 5.74) is 8.55. The number of amides is 10. The first-order chi connectivity index (χ1) is 30.6. The quantitative estimate of drug-likeness (QED) is 0.0234. The summed E-state index contributed by atoms with van der Waals surface area (Å²) in [6, 6.07) is 4.20. The molecule has 21 nitrogen and oxygen atoms in total. The number of fused-ring (bicyclic) bond motifs is 2. The zero-order chi connectivity index (χ0) is 46.8. The van der Waals surface area contributed by atoms with E-state index in [0.717, 1.165) is 35.9 Å². The summed E-state index contributed by atoms with van der Waals surface area (Å²) in [5, 5.41) is 31.5. The van der Waals surface area contributed by atoms with Crippen molar-refractivity contribution in [2.75, 3.05) is 25.4 Å². The summed E-state index contributed by atoms with van der Waals surface area (Å²) in [7, 11) is 0. The highest BCUT2D eigenvalue weighted by atomic mass is 32.2. The number of para-hydroxylation sites is 1. The lowest BCUT2D eigenvalue weighted by atomic mass is 9.87. The molecule has 0 radical (unpaired) electrons. The van der Waals surface area contributed by atoms with E-state index in [1.165, 1.54) is 6.92 Å². The van der Waals surface area contributed by atoms with E-state index in [1.807, 2.05) is 43.0 Å². The highest BCUT2D eigenvalue weighted by Crippen LogP contribution is 2.33. The van der Waals surface area contributed by atoms with Crippen LogP contribution in [0.1, 0.15) is 84.1 Å². The van der Waals surface area contributed by atoms with Crippen molar-refractivity contribution in [1.82, 2.24) is 53.0 Å². The Morgan fingerprint density at radius 1 is 0.828 bits per heavy atom. The van der Waals surface area contributed by atoms with Crippen LogP contribution in [0.25, 0.3) is 10.9 Å². The van der Waals surface area contributed by atoms with Gasteiger partial charge in [-0.1, -0.05) is 44.9 Å². The number of unbranched alkanes of at least 4 members (excludes halogenated alkanes) is 2. The molecule has 1 aromatic heterocycles. The molecule has 10 amide bonds. The predicted molar refractivity (Wildman–Crippen MR) is 237 cm³/mol. The molecule has 0 spiro atoms. The molecule has 2 saturated heterocycles. The topological polar surface area (TPSA) is 324 Å². The lowest BCUT2D eigenvalue weighted by molar-refractivity contribution is -0.138. The third-order valence-corrected chi connectivity index (χ3v) is 13.1. The predicted octanol–water partition coefficient (Wildman–Crippen LogP) is -0.527. The number of benzene rings is 1. The fraction of sp³-hybridized carbons (Fsp3) is 0.595. The standard InChI is InChI=1S/C42H63N11O10S/c1-4-23(2)27(18-34(55)53-63)40(60)50-30(17-25-19-45-28-12-6-5-11-26(25)28)41(61)48-24(3)39(59)47-20-35(56)46-21-36(57)49-29(38(43)58)13-9-10-16-44-33(54)15-8-7-14-32-37-31(22-64-32)51-42(62)52-37/h5-6,11-12,19,23-24,27,29-32,37,45,63H,4,7-10,13-18,20-22H2,1-3H3,(H2,43,58)(H,44,54)(H,46,56)(H,47,59)(H,48,61)(H,49,57)(H,50,60)(H,53,55)(H2,51,52,62)/t23?,24-,27?,29-,30-,31-,32-,37-/m0/s1. The van der Waals surface area contributed by atoms with Crippen LogP contribution in [0, 0.1) is 11.8 Å². The fourth-order valence-electron chi connectivity index (χ4n) is 7.63. The number of thioether (sulfide) groups is 1. The Morgan fingerprint density at radius 3 is 2.31 bits per heavy atom. The Kier molecular flexibility index (Phi) is 20.1. The van der Waals surface area contributed by atoms with Gasteiger partial charge in [-0.2, -0.15) is 11.8 Å². The van der Waals surface area contributed by atoms with Crippen molar-refractivity contribution in [3.63, 3.8) is 0 Å². The SMILES string of the molecule is CCC(C)C(CC(=O)NO)C(=O)N[C@@H](Cc1c[nH]c2ccccc12)C(=O)N[C@@H](C)C(=O)NCC(=O)NCC(=O)N[C@@H](CCCCNC(=O)CCCC[C@@H]1SC[C@@H]2NC(=O)N[C@@H]21)C(N)=O. The third-order valence-electron chi connectivity index (χ3n) is 11.6. The number of urea groups is 1. The van der Waals surface area contributed by atoms with Gasteiger partial charge >= 0.3 is 6.03 Å². The number of hydroxylamine groups is 1. The highest BCUT2D eigenvalue weighted by molar-refractivity contribution is 8.00. The molecule has 8 atom stereocenters. The number of hydrogen-bond donors (Lipinski definition) is 12. The van der Waals surface area contributed by atoms with Crippen LogP contribution in [0.5, 0.6) is 0 Å². The maximum Gasteiger partial charge on any atom is 0.315 e. The van der Waals surface area contributed by atoms with Crippen LogP contribution in [0.15, 0.2) is 30.5 Å². The van der Waals surface area contributed by atoms with Gasteiger partial charge in [0.15, 0.2) is 0 Å². The molecule has 1 aromatic carbocycles. The summed E-state index contributed by atoms with van der Waals surface area (Å²) >= 11 is 1.84. The highest BCUT2D eigenvalue weighted by Gasteiger charge is 2.42. The molecule has 0 aliphatic carbocycles. The Hall–Kier alpha value is -5.90. The van der Waals surface area contributed by atoms with Crippen LogP contribution in [0.3, 0.4) is 0 Å². The van der Waals surface area contributed by atoms with E-state index in [-0.39, 0.29) is 49.2 Å². The van der Waals surface area contributed by atoms with E-state index in [2.05, 4.69) is 47.5 Å². The average molecular weight is 914 g/mol. The average Bonchev–Trinajstić information content (AvgIpc) is 3.97. The van der Waals surface area contributed by atoms with Crippen molar-refractivity contribution in [3.8, 4) is 0 Å². The van der Waals surface area contributed by atoms with Gasteiger partial charge < -0.3 is 53.3 Å². The van der Waals surface area contributed by atoms with Crippen LogP contribution in [-0.2, 0) is 44.8 Å². The molecule has 352 valence electrons. The van der Waals surface area contributed by atoms with Crippen molar-refractivity contribution in [3.05, 3.63) is 36.0 Å². The summed E-state index contributed by atoms with van der Waals surface area (Å²) in [5.74, 6) is -5.31. The largest absolute Gasteiger partial charge is 0.368 e. The molecule has 2 aromatic rings. The number of aromatic nitrogens is 1. The lowest BCUT2D eigenvalue weighted by Gasteiger charge is -2.26. The van der Waals surface area contributed by atoms with Gasteiger partial charge in [0.2, 0.25) is 47.3 Å². The minimum atomic E-state index is -1.18. The number of carbonyl (C=O) groups is 9. The molecular formula is C42H63N11O10S. The summed E-state index contributed by atoms with van der Waals surface area (Å²) < 4.78 is 0. The van der Waals surface area contributed by atoms with Crippen molar-refractivity contribution in [2.45, 2.75) is 120 Å². The van der Waals surface area contributed by atoms with Gasteiger partial charge in [-0.05, 0) is 56.6 Å². The lowest BCUT2D eigenvalue weighted by Crippen LogP contribution is -2.55. The summed E-state index contributed by atoms with van der Waals surface area (Å²) in [4.78, 5) is 116. The van der Waals surface area contributed by atoms with E-state index < -0.39 is 78.5 Å². The first-order valence-corrected chi connectivity index (χ1v) is 22.8. The fourth-order valence-corrected chi connectivity index (χ4v) is 9.17. The zero-order valence-electron chi connectivity index (χ0n) is 36.5. The van der Waals surface area contributed by atoms with Gasteiger partial charge in [-0.25, -0.2) is 10.3 Å². The minimum absolute atomic E-state index is 0.0272. The van der Waals surface area contributed by atoms with Crippen molar-refractivity contribution in [1.29, 1.82) is 0 Å². The van der Waals surface area contributed by atoms with Gasteiger partial charge in [-0.3, -0.25) is 43.6 Å². The molecule has 0 saturated carbocycles. The van der Waals surface area contributed by atoms with Crippen molar-refractivity contribution in [2.24, 2.45) is 17.6 Å². The second-order valence-corrected chi connectivity index (χ2v) is 17.6. The number of nitrogens with two attached hydrogens (primary N) is 1. The number of hydrogen-bond acceptors (Lipinski definition) is 11. The molecule has 2 unspecified atom stereocenters. The van der Waals surface area contributed by atoms with Gasteiger partial charge in [0.1, 0.15) is 18.1 Å². The Balaban J connectivity index is 1.15. The smallest absolute Gasteiger partial charge is 0.315 e. The van der Waals surface area contributed by atoms with Crippen LogP contribution in [-0.4, -0.2) is 124 Å². The monoisotopic (exact) mass is 913 g/mol. The Bertz CT molecular complexity index is 1980. The molecule has 22 heteroatoms. The van der Waals surface area contributed by atoms with E-state index >= 15 is 0 Å². The number of nitrogens with one attached hydrogen (secondary N) is 10. The van der Waals surface area contributed by atoms with E-state index in [0.29, 0.717) is 43.0 Å². The summed E-state index contributed by atoms with van der Waals surface area (Å²) in [6.07, 6.45) is 6.08. The second kappa shape index (κ2) is 25.4. The molecular weight excluding hydrogens is 851 g/mol. The van der Waals surface area contributed by atoms with Gasteiger partial charge in [-0.15, -0.1) is 0 Å². The first-order valence-electron chi connectivity index (χ1n) is 21.8. The van der Waals surface area contributed by atoms with Gasteiger partial charge in [0.05, 0.1) is 25.2 Å². The first kappa shape index (κ1) is 50.7. The number of carbonyl (C=O) groups excluding carboxylic acids is 9. The third kappa shape index (κ3) is 15.7. The molecule has 13 N–H and O–H groups in total. The zero-order valence-corrected chi connectivity index (χ0v) is 37.3. The van der Waals surface area contributed by atoms with Gasteiger partial charge in [0.25, 0.3) is 0 Å². The number of primary amides is 1. The van der Waals surface area contributed by atoms with Crippen LogP contribution >= 0.6 is 11.8 Å². The van der Waals surface area contributed by atoms with Gasteiger partial charge in [0, 0.05) is 59.8 Å². The van der Waals surface area contributed by atoms with Crippen molar-refractivity contribution < 1.29 is 48.4 Å². The molecule has 2 aliphatic rings. The molecule has 64 heavy (non-hydrogen) atoms. The maximum absolute atomic E-state index is 13.7. The summed E-state index contributed by atoms with van der Waals surface area (Å²) in [6.45, 7) is 4.33. The Labute approximate surface area is 375 Å². The molecule has 4 rings (SSSR count). The molecule has 0 bridgehead atoms. The van der Waals surface area contributed by atoms with Crippen LogP contribution < -0.4 is 53.7 Å². The number of H-pyrrole nitrogens is 1. The Morgan fingerprint density at radius 2 is 1.58 bits per heavy atom. The number of rotatable bonds is 27. The van der Waals surface area contributed by atoms with Crippen molar-refractivity contribution >= 4 is 76.0 Å². The minimum Gasteiger partial charge on any atom is -0.368 e. The van der Waals surface area contributed by atoms with E-state index in [4.69, 9.17) is 10.9 Å². The molecule has 3 heterocycles. The molecule has 2 aliphatic heterocycles. The van der Waals surface area contributed by atoms with E-state index in [9.17, 15) is 43.2 Å². The second-order valence-electron chi connectivity index (χ2n) is 16.3. The normalized spacial score (nSPS) is 18.8. The van der Waals surface area contributed by atoms with Crippen LogP contribution in [0.4, 0.5) is 4.79 Å². The van der Waals surface area contributed by atoms with Crippen LogP contribution in [0.2, 0.25) is 0 Å². The van der Waals surface area contributed by atoms with E-state index in [1.54, 1.807) is 18.6 Å². The maximum atomic E-state index is 13.7. The molecule has 2 fully saturated rings.